The molecule has 0 bridgehead atoms. The number of hydrogen-bond donors (Lipinski definition) is 2. The highest BCUT2D eigenvalue weighted by Crippen LogP contribution is 2.31. The molecular weight excluding hydrogens is 402 g/mol. The average molecular weight is 425 g/mol. The minimum atomic E-state index is 0.549. The van der Waals surface area contributed by atoms with Crippen LogP contribution in [0.3, 0.4) is 0 Å². The van der Waals surface area contributed by atoms with Gasteiger partial charge in [0.15, 0.2) is 5.82 Å². The van der Waals surface area contributed by atoms with E-state index in [1.165, 1.54) is 11.8 Å². The molecule has 0 aliphatic heterocycles. The molecule has 0 radical (unpaired) electrons. The van der Waals surface area contributed by atoms with E-state index in [1.54, 1.807) is 6.20 Å². The van der Waals surface area contributed by atoms with Crippen LogP contribution in [-0.4, -0.2) is 31.0 Å². The first-order valence-corrected chi connectivity index (χ1v) is 10.4. The molecule has 0 spiro atoms. The predicted molar refractivity (Wildman–Crippen MR) is 127 cm³/mol. The summed E-state index contributed by atoms with van der Waals surface area (Å²) >= 11 is 0. The van der Waals surface area contributed by atoms with Crippen LogP contribution < -0.4 is 15.4 Å². The van der Waals surface area contributed by atoms with Crippen LogP contribution in [0.4, 0.5) is 17.5 Å². The highest BCUT2D eigenvalue weighted by molar-refractivity contribution is 5.87. The molecule has 0 aliphatic rings. The Labute approximate surface area is 185 Å². The van der Waals surface area contributed by atoms with Gasteiger partial charge >= 0.3 is 0 Å². The van der Waals surface area contributed by atoms with E-state index in [0.29, 0.717) is 22.8 Å². The maximum atomic E-state index is 6.15. The van der Waals surface area contributed by atoms with Crippen LogP contribution >= 0.6 is 0 Å². The Balaban J connectivity index is 1.40. The normalized spacial score (nSPS) is 11.1. The van der Waals surface area contributed by atoms with E-state index in [4.69, 9.17) is 4.74 Å². The van der Waals surface area contributed by atoms with Crippen LogP contribution in [-0.2, 0) is 7.05 Å². The Morgan fingerprint density at radius 2 is 1.94 bits per heavy atom. The second kappa shape index (κ2) is 8.14. The number of ether oxygens (including phenoxy) is 1. The SMILES string of the molecule is CCNc1ncc2ncnc(Nc3ccc(Oc4ccc5c(ccn5C)c4)c(C)c3)c2n1. The number of benzene rings is 2. The summed E-state index contributed by atoms with van der Waals surface area (Å²) in [5.41, 5.74) is 4.40. The number of aromatic nitrogens is 5. The molecule has 3 aromatic heterocycles. The third-order valence-electron chi connectivity index (χ3n) is 5.23. The third kappa shape index (κ3) is 3.78. The maximum absolute atomic E-state index is 6.15. The summed E-state index contributed by atoms with van der Waals surface area (Å²) < 4.78 is 8.24. The fourth-order valence-corrected chi connectivity index (χ4v) is 3.62. The van der Waals surface area contributed by atoms with Gasteiger partial charge in [-0.15, -0.1) is 0 Å². The van der Waals surface area contributed by atoms with Gasteiger partial charge in [0.25, 0.3) is 0 Å². The van der Waals surface area contributed by atoms with Crippen molar-refractivity contribution in [2.45, 2.75) is 13.8 Å². The number of fused-ring (bicyclic) bond motifs is 2. The molecule has 32 heavy (non-hydrogen) atoms. The van der Waals surface area contributed by atoms with Crippen molar-refractivity contribution >= 4 is 39.4 Å². The zero-order valence-corrected chi connectivity index (χ0v) is 18.1. The van der Waals surface area contributed by atoms with Crippen molar-refractivity contribution in [3.63, 3.8) is 0 Å². The van der Waals surface area contributed by atoms with Gasteiger partial charge in [0.2, 0.25) is 5.95 Å². The summed E-state index contributed by atoms with van der Waals surface area (Å²) in [7, 11) is 2.03. The van der Waals surface area contributed by atoms with Crippen molar-refractivity contribution in [1.29, 1.82) is 0 Å². The first-order valence-electron chi connectivity index (χ1n) is 10.4. The summed E-state index contributed by atoms with van der Waals surface area (Å²) in [6, 6.07) is 14.1. The van der Waals surface area contributed by atoms with E-state index in [0.717, 1.165) is 34.7 Å². The number of aryl methyl sites for hydroxylation is 2. The molecule has 160 valence electrons. The highest BCUT2D eigenvalue weighted by atomic mass is 16.5. The molecule has 0 aliphatic carbocycles. The smallest absolute Gasteiger partial charge is 0.223 e. The van der Waals surface area contributed by atoms with Gasteiger partial charge in [0, 0.05) is 36.4 Å². The molecule has 2 N–H and O–H groups in total. The van der Waals surface area contributed by atoms with Crippen LogP contribution in [0.2, 0.25) is 0 Å². The van der Waals surface area contributed by atoms with E-state index in [1.807, 2.05) is 51.4 Å². The zero-order chi connectivity index (χ0) is 22.1. The molecule has 2 aromatic carbocycles. The number of hydrogen-bond acceptors (Lipinski definition) is 7. The molecule has 8 heteroatoms. The molecule has 0 fully saturated rings. The lowest BCUT2D eigenvalue weighted by Crippen LogP contribution is -2.04. The Morgan fingerprint density at radius 1 is 1.03 bits per heavy atom. The summed E-state index contributed by atoms with van der Waals surface area (Å²) in [5.74, 6) is 2.78. The molecule has 3 heterocycles. The summed E-state index contributed by atoms with van der Waals surface area (Å²) in [5, 5.41) is 7.62. The predicted octanol–water partition coefficient (Wildman–Crippen LogP) is 5.19. The molecule has 0 saturated carbocycles. The van der Waals surface area contributed by atoms with E-state index in [2.05, 4.69) is 53.3 Å². The van der Waals surface area contributed by atoms with Crippen molar-refractivity contribution in [1.82, 2.24) is 24.5 Å². The van der Waals surface area contributed by atoms with Crippen molar-refractivity contribution in [2.24, 2.45) is 7.05 Å². The maximum Gasteiger partial charge on any atom is 0.223 e. The first-order chi connectivity index (χ1) is 15.6. The van der Waals surface area contributed by atoms with Gasteiger partial charge in [-0.25, -0.2) is 19.9 Å². The Hall–Kier alpha value is -4.20. The van der Waals surface area contributed by atoms with E-state index in [9.17, 15) is 0 Å². The summed E-state index contributed by atoms with van der Waals surface area (Å²) in [6.45, 7) is 4.75. The summed E-state index contributed by atoms with van der Waals surface area (Å²) in [6.07, 6.45) is 5.24. The number of anilines is 3. The van der Waals surface area contributed by atoms with Gasteiger partial charge in [0.1, 0.15) is 28.9 Å². The van der Waals surface area contributed by atoms with Gasteiger partial charge in [0.05, 0.1) is 6.20 Å². The zero-order valence-electron chi connectivity index (χ0n) is 18.1. The van der Waals surface area contributed by atoms with Gasteiger partial charge in [-0.3, -0.25) is 0 Å². The van der Waals surface area contributed by atoms with E-state index >= 15 is 0 Å². The van der Waals surface area contributed by atoms with Gasteiger partial charge in [-0.2, -0.15) is 0 Å². The lowest BCUT2D eigenvalue weighted by atomic mass is 10.2. The van der Waals surface area contributed by atoms with Crippen LogP contribution in [0.5, 0.6) is 11.5 Å². The van der Waals surface area contributed by atoms with Gasteiger partial charge < -0.3 is 19.9 Å². The fourth-order valence-electron chi connectivity index (χ4n) is 3.62. The molecular formula is C24H23N7O. The quantitative estimate of drug-likeness (QED) is 0.387. The van der Waals surface area contributed by atoms with Crippen molar-refractivity contribution in [2.75, 3.05) is 17.2 Å². The Kier molecular flexibility index (Phi) is 5.03. The average Bonchev–Trinajstić information content (AvgIpc) is 3.16. The van der Waals surface area contributed by atoms with Crippen LogP contribution in [0.15, 0.2) is 61.2 Å². The Morgan fingerprint density at radius 3 is 2.78 bits per heavy atom. The minimum Gasteiger partial charge on any atom is -0.457 e. The largest absolute Gasteiger partial charge is 0.457 e. The van der Waals surface area contributed by atoms with Gasteiger partial charge in [-0.05, 0) is 61.9 Å². The Bertz CT molecular complexity index is 1430. The van der Waals surface area contributed by atoms with Crippen molar-refractivity contribution in [3.8, 4) is 11.5 Å². The molecule has 8 nitrogen and oxygen atoms in total. The van der Waals surface area contributed by atoms with E-state index in [-0.39, 0.29) is 0 Å². The molecule has 5 aromatic rings. The number of nitrogens with zero attached hydrogens (tertiary/aromatic N) is 5. The fraction of sp³-hybridized carbons (Fsp3) is 0.167. The van der Waals surface area contributed by atoms with Crippen molar-refractivity contribution < 1.29 is 4.74 Å². The first kappa shape index (κ1) is 19.7. The molecule has 5 rings (SSSR count). The molecule has 0 saturated heterocycles. The third-order valence-corrected chi connectivity index (χ3v) is 5.23. The van der Waals surface area contributed by atoms with Crippen LogP contribution in [0.25, 0.3) is 21.9 Å². The molecule has 0 unspecified atom stereocenters. The lowest BCUT2D eigenvalue weighted by molar-refractivity contribution is 0.480. The van der Waals surface area contributed by atoms with Crippen molar-refractivity contribution in [3.05, 3.63) is 66.7 Å². The minimum absolute atomic E-state index is 0.549. The standard InChI is InChI=1S/C24H23N7O/c1-4-25-24-26-13-19-22(30-24)23(28-14-27-19)29-17-5-8-21(15(2)11-17)32-18-6-7-20-16(12-18)9-10-31(20)3/h5-14H,4H2,1-3H3,(H,25,26,30)(H,27,28,29). The lowest BCUT2D eigenvalue weighted by Gasteiger charge is -2.12. The van der Waals surface area contributed by atoms with E-state index < -0.39 is 0 Å². The number of rotatable bonds is 6. The second-order valence-electron chi connectivity index (χ2n) is 7.53. The number of nitrogens with one attached hydrogen (secondary N) is 2. The molecule has 0 amide bonds. The van der Waals surface area contributed by atoms with Crippen LogP contribution in [0, 0.1) is 6.92 Å². The topological polar surface area (TPSA) is 89.8 Å². The molecule has 0 atom stereocenters. The van der Waals surface area contributed by atoms with Crippen LogP contribution in [0.1, 0.15) is 12.5 Å². The highest BCUT2D eigenvalue weighted by Gasteiger charge is 2.10. The summed E-state index contributed by atoms with van der Waals surface area (Å²) in [4.78, 5) is 17.5. The van der Waals surface area contributed by atoms with Gasteiger partial charge in [-0.1, -0.05) is 0 Å². The monoisotopic (exact) mass is 425 g/mol. The second-order valence-corrected chi connectivity index (χ2v) is 7.53.